The molecule has 1 aromatic heterocycles. The van der Waals surface area contributed by atoms with Crippen LogP contribution in [0.5, 0.6) is 0 Å². The topological polar surface area (TPSA) is 37.8 Å². The lowest BCUT2D eigenvalue weighted by atomic mass is 10.0. The van der Waals surface area contributed by atoms with E-state index in [0.29, 0.717) is 0 Å². The largest absolute Gasteiger partial charge is 0.370 e. The Kier molecular flexibility index (Phi) is 3.91. The highest BCUT2D eigenvalue weighted by atomic mass is 15.0. The van der Waals surface area contributed by atoms with Gasteiger partial charge in [-0.25, -0.2) is 9.97 Å². The number of rotatable bonds is 4. The highest BCUT2D eigenvalue weighted by Crippen LogP contribution is 2.30. The Morgan fingerprint density at radius 1 is 1.14 bits per heavy atom. The van der Waals surface area contributed by atoms with Crippen LogP contribution in [-0.4, -0.2) is 16.5 Å². The molecule has 1 heterocycles. The van der Waals surface area contributed by atoms with E-state index in [0.717, 1.165) is 43.0 Å². The number of hydrogen-bond acceptors (Lipinski definition) is 3. The number of nitrogens with zero attached hydrogens (tertiary/aromatic N) is 2. The van der Waals surface area contributed by atoms with Crippen molar-refractivity contribution in [3.8, 4) is 11.4 Å². The van der Waals surface area contributed by atoms with E-state index in [1.165, 1.54) is 28.8 Å². The fourth-order valence-corrected chi connectivity index (χ4v) is 3.01. The Labute approximate surface area is 126 Å². The molecule has 0 aliphatic heterocycles. The van der Waals surface area contributed by atoms with E-state index >= 15 is 0 Å². The molecule has 21 heavy (non-hydrogen) atoms. The van der Waals surface area contributed by atoms with Gasteiger partial charge in [0.05, 0.1) is 0 Å². The summed E-state index contributed by atoms with van der Waals surface area (Å²) in [5.41, 5.74) is 6.24. The summed E-state index contributed by atoms with van der Waals surface area (Å²) < 4.78 is 0. The maximum atomic E-state index is 4.83. The lowest BCUT2D eigenvalue weighted by molar-refractivity contribution is 0.899. The minimum absolute atomic E-state index is 0.867. The summed E-state index contributed by atoms with van der Waals surface area (Å²) in [6.07, 6.45) is 4.49. The van der Waals surface area contributed by atoms with Crippen molar-refractivity contribution >= 4 is 5.82 Å². The first-order chi connectivity index (χ1) is 10.2. The van der Waals surface area contributed by atoms with Crippen LogP contribution in [-0.2, 0) is 12.8 Å². The van der Waals surface area contributed by atoms with E-state index in [1.54, 1.807) is 0 Å². The van der Waals surface area contributed by atoms with Gasteiger partial charge in [-0.15, -0.1) is 0 Å². The summed E-state index contributed by atoms with van der Waals surface area (Å²) in [5, 5.41) is 3.48. The van der Waals surface area contributed by atoms with Crippen LogP contribution in [0.2, 0.25) is 0 Å². The predicted octanol–water partition coefficient (Wildman–Crippen LogP) is 4.07. The number of benzene rings is 1. The first-order valence-electron chi connectivity index (χ1n) is 7.90. The minimum atomic E-state index is 0.867. The molecule has 3 nitrogen and oxygen atoms in total. The quantitative estimate of drug-likeness (QED) is 0.918. The molecule has 0 unspecified atom stereocenters. The third kappa shape index (κ3) is 2.78. The molecule has 1 aliphatic rings. The molecule has 0 amide bonds. The van der Waals surface area contributed by atoms with Crippen LogP contribution in [0.15, 0.2) is 18.2 Å². The molecule has 1 aromatic carbocycles. The Hall–Kier alpha value is -1.90. The van der Waals surface area contributed by atoms with Crippen molar-refractivity contribution in [3.05, 3.63) is 40.6 Å². The monoisotopic (exact) mass is 281 g/mol. The maximum absolute atomic E-state index is 4.83. The van der Waals surface area contributed by atoms with Crippen LogP contribution in [0.3, 0.4) is 0 Å². The SMILES string of the molecule is CCCNc1nc(-c2ccc(C)cc2C)nc2c1CCC2. The van der Waals surface area contributed by atoms with Gasteiger partial charge in [0.25, 0.3) is 0 Å². The van der Waals surface area contributed by atoms with Crippen molar-refractivity contribution in [2.24, 2.45) is 0 Å². The molecule has 1 N–H and O–H groups in total. The van der Waals surface area contributed by atoms with Gasteiger partial charge < -0.3 is 5.32 Å². The smallest absolute Gasteiger partial charge is 0.162 e. The number of nitrogens with one attached hydrogen (secondary N) is 1. The van der Waals surface area contributed by atoms with Gasteiger partial charge in [-0.1, -0.05) is 30.7 Å². The molecule has 0 bridgehead atoms. The van der Waals surface area contributed by atoms with E-state index in [4.69, 9.17) is 9.97 Å². The minimum Gasteiger partial charge on any atom is -0.370 e. The summed E-state index contributed by atoms with van der Waals surface area (Å²) in [6.45, 7) is 7.40. The average molecular weight is 281 g/mol. The normalized spacial score (nSPS) is 13.3. The fourth-order valence-electron chi connectivity index (χ4n) is 3.01. The molecule has 0 saturated heterocycles. The van der Waals surface area contributed by atoms with E-state index < -0.39 is 0 Å². The van der Waals surface area contributed by atoms with Crippen molar-refractivity contribution in [2.45, 2.75) is 46.5 Å². The van der Waals surface area contributed by atoms with E-state index in [2.05, 4.69) is 44.3 Å². The van der Waals surface area contributed by atoms with E-state index in [1.807, 2.05) is 0 Å². The zero-order valence-corrected chi connectivity index (χ0v) is 13.2. The van der Waals surface area contributed by atoms with Crippen LogP contribution in [0.1, 0.15) is 42.1 Å². The van der Waals surface area contributed by atoms with Gasteiger partial charge in [0, 0.05) is 23.4 Å². The Morgan fingerprint density at radius 2 is 2.00 bits per heavy atom. The summed E-state index contributed by atoms with van der Waals surface area (Å²) in [6, 6.07) is 6.48. The van der Waals surface area contributed by atoms with Gasteiger partial charge in [-0.05, 0) is 45.1 Å². The van der Waals surface area contributed by atoms with Crippen molar-refractivity contribution in [3.63, 3.8) is 0 Å². The van der Waals surface area contributed by atoms with Crippen molar-refractivity contribution in [1.82, 2.24) is 9.97 Å². The predicted molar refractivity (Wildman–Crippen MR) is 87.7 cm³/mol. The standard InChI is InChI=1S/C18H23N3/c1-4-10-19-17-15-6-5-7-16(15)20-18(21-17)14-9-8-12(2)11-13(14)3/h8-9,11H,4-7,10H2,1-3H3,(H,19,20,21). The Balaban J connectivity index is 2.06. The van der Waals surface area contributed by atoms with Crippen LogP contribution < -0.4 is 5.32 Å². The molecule has 0 saturated carbocycles. The molecule has 3 heteroatoms. The maximum Gasteiger partial charge on any atom is 0.162 e. The van der Waals surface area contributed by atoms with Crippen LogP contribution in [0.4, 0.5) is 5.82 Å². The third-order valence-corrected chi connectivity index (χ3v) is 4.10. The molecular weight excluding hydrogens is 258 g/mol. The van der Waals surface area contributed by atoms with Gasteiger partial charge in [0.2, 0.25) is 0 Å². The van der Waals surface area contributed by atoms with Gasteiger partial charge in [-0.2, -0.15) is 0 Å². The van der Waals surface area contributed by atoms with Gasteiger partial charge in [-0.3, -0.25) is 0 Å². The number of aromatic nitrogens is 2. The number of aryl methyl sites for hydroxylation is 3. The van der Waals surface area contributed by atoms with Gasteiger partial charge >= 0.3 is 0 Å². The number of anilines is 1. The molecule has 110 valence electrons. The van der Waals surface area contributed by atoms with Crippen molar-refractivity contribution in [1.29, 1.82) is 0 Å². The Bertz CT molecular complexity index is 662. The molecule has 1 aliphatic carbocycles. The van der Waals surface area contributed by atoms with Gasteiger partial charge in [0.1, 0.15) is 5.82 Å². The summed E-state index contributed by atoms with van der Waals surface area (Å²) in [4.78, 5) is 9.65. The van der Waals surface area contributed by atoms with Crippen molar-refractivity contribution < 1.29 is 0 Å². The number of hydrogen-bond donors (Lipinski definition) is 1. The molecule has 2 aromatic rings. The molecule has 0 spiro atoms. The van der Waals surface area contributed by atoms with E-state index in [9.17, 15) is 0 Å². The lowest BCUT2D eigenvalue weighted by Crippen LogP contribution is -2.08. The first-order valence-corrected chi connectivity index (χ1v) is 7.90. The molecule has 0 radical (unpaired) electrons. The molecule has 0 fully saturated rings. The second kappa shape index (κ2) is 5.84. The fraction of sp³-hybridized carbons (Fsp3) is 0.444. The molecule has 3 rings (SSSR count). The van der Waals surface area contributed by atoms with Crippen LogP contribution in [0, 0.1) is 13.8 Å². The zero-order chi connectivity index (χ0) is 14.8. The third-order valence-electron chi connectivity index (χ3n) is 4.10. The van der Waals surface area contributed by atoms with Crippen LogP contribution in [0.25, 0.3) is 11.4 Å². The molecular formula is C18H23N3. The summed E-state index contributed by atoms with van der Waals surface area (Å²) in [5.74, 6) is 1.92. The highest BCUT2D eigenvalue weighted by molar-refractivity contribution is 5.64. The second-order valence-corrected chi connectivity index (χ2v) is 5.92. The first kappa shape index (κ1) is 14.1. The van der Waals surface area contributed by atoms with Crippen molar-refractivity contribution in [2.75, 3.05) is 11.9 Å². The van der Waals surface area contributed by atoms with Gasteiger partial charge in [0.15, 0.2) is 5.82 Å². The average Bonchev–Trinajstić information content (AvgIpc) is 2.93. The van der Waals surface area contributed by atoms with Crippen LogP contribution >= 0.6 is 0 Å². The zero-order valence-electron chi connectivity index (χ0n) is 13.2. The van der Waals surface area contributed by atoms with E-state index in [-0.39, 0.29) is 0 Å². The summed E-state index contributed by atoms with van der Waals surface area (Å²) >= 11 is 0. The Morgan fingerprint density at radius 3 is 2.76 bits per heavy atom. The highest BCUT2D eigenvalue weighted by Gasteiger charge is 2.20. The number of fused-ring (bicyclic) bond motifs is 1. The lowest BCUT2D eigenvalue weighted by Gasteiger charge is -2.13. The molecule has 0 atom stereocenters. The summed E-state index contributed by atoms with van der Waals surface area (Å²) in [7, 11) is 0. The second-order valence-electron chi connectivity index (χ2n) is 5.92.